The molecule has 0 amide bonds. The Hall–Kier alpha value is -0.585. The van der Waals surface area contributed by atoms with Gasteiger partial charge in [0.05, 0.1) is 50.1 Å². The third kappa shape index (κ3) is 10.6. The van der Waals surface area contributed by atoms with E-state index in [0.29, 0.717) is 144 Å². The first kappa shape index (κ1) is 69.8. The van der Waals surface area contributed by atoms with E-state index in [1.165, 1.54) is 0 Å². The fraction of sp³-hybridized carbons (Fsp3) is 0.0500. The number of rotatable bonds is 0. The zero-order chi connectivity index (χ0) is 62.0. The molecule has 6 aliphatic heterocycles. The van der Waals surface area contributed by atoms with E-state index in [9.17, 15) is 45.0 Å². The maximum Gasteiger partial charge on any atom is 3.00 e. The first-order chi connectivity index (χ1) is 41.3. The number of carbonyl (C=O) groups is 3. The molecule has 9 aromatic carbocycles. The molecule has 0 unspecified atom stereocenters. The number of esters is 3. The smallest absolute Gasteiger partial charge is 0.871 e. The van der Waals surface area contributed by atoms with Crippen LogP contribution in [0, 0.1) is 42.8 Å². The molecule has 0 aromatic heterocycles. The van der Waals surface area contributed by atoms with Gasteiger partial charge in [0.1, 0.15) is 34.5 Å². The summed E-state index contributed by atoms with van der Waals surface area (Å²) in [6, 6.07) is 31.1. The Kier molecular flexibility index (Phi) is 20.4. The molecule has 438 valence electrons. The van der Waals surface area contributed by atoms with Crippen molar-refractivity contribution >= 4 is 324 Å². The molecule has 0 aliphatic carbocycles. The molecule has 0 atom stereocenters. The van der Waals surface area contributed by atoms with Crippen LogP contribution in [0.3, 0.4) is 0 Å². The van der Waals surface area contributed by atoms with Crippen molar-refractivity contribution in [2.45, 2.75) is 16.8 Å². The van der Waals surface area contributed by atoms with Gasteiger partial charge < -0.3 is 59.1 Å². The van der Waals surface area contributed by atoms with Crippen LogP contribution < -0.4 is 44.8 Å². The van der Waals surface area contributed by atoms with Crippen LogP contribution in [-0.2, 0) is 31.0 Å². The number of benzene rings is 9. The van der Waals surface area contributed by atoms with Crippen LogP contribution in [0.25, 0.3) is 0 Å². The van der Waals surface area contributed by atoms with Crippen molar-refractivity contribution < 1.29 is 73.4 Å². The second-order valence-electron chi connectivity index (χ2n) is 19.4. The second kappa shape index (κ2) is 26.0. The maximum absolute atomic E-state index is 12.9. The van der Waals surface area contributed by atoms with Gasteiger partial charge >= 0.3 is 52.6 Å². The van der Waals surface area contributed by atoms with Gasteiger partial charge in [-0.25, -0.2) is 14.4 Å². The molecular weight excluding hydrogens is 2540 g/mol. The molecule has 0 saturated heterocycles. The Balaban J connectivity index is 0.000000136. The quantitative estimate of drug-likeness (QED) is 0.0593. The Bertz CT molecular complexity index is 4050. The molecule has 89 heavy (non-hydrogen) atoms. The van der Waals surface area contributed by atoms with Crippen molar-refractivity contribution in [2.75, 3.05) is 0 Å². The van der Waals surface area contributed by atoms with Crippen molar-refractivity contribution in [3.63, 3.8) is 0 Å². The van der Waals surface area contributed by atoms with Crippen LogP contribution >= 0.6 is 271 Å². The number of ether oxygens (including phenoxy) is 6. The summed E-state index contributed by atoms with van der Waals surface area (Å²) in [7, 11) is 0. The first-order valence-corrected chi connectivity index (χ1v) is 37.4. The average Bonchev–Trinajstić information content (AvgIpc) is 1.68. The van der Waals surface area contributed by atoms with E-state index in [1.807, 2.05) is 289 Å². The van der Waals surface area contributed by atoms with Gasteiger partial charge in [-0.3, -0.25) is 0 Å². The summed E-state index contributed by atoms with van der Waals surface area (Å²) in [6.07, 6.45) is 0. The van der Waals surface area contributed by atoms with Crippen molar-refractivity contribution in [3.05, 3.63) is 219 Å². The largest absolute Gasteiger partial charge is 3.00 e. The summed E-state index contributed by atoms with van der Waals surface area (Å²) in [5, 5.41) is 76.9. The van der Waals surface area contributed by atoms with Gasteiger partial charge in [-0.15, -0.1) is 0 Å². The fourth-order valence-electron chi connectivity index (χ4n) is 11.4. The van der Waals surface area contributed by atoms with Gasteiger partial charge in [-0.05, 0) is 326 Å². The van der Waals surface area contributed by atoms with Crippen LogP contribution in [0.1, 0.15) is 81.1 Å². The van der Waals surface area contributed by atoms with E-state index in [1.54, 1.807) is 91.0 Å². The molecule has 3 spiro atoms. The van der Waals surface area contributed by atoms with E-state index < -0.39 is 34.7 Å². The minimum absolute atomic E-state index is 0. The molecule has 6 heterocycles. The Morgan fingerprint density at radius 2 is 0.449 bits per heavy atom. The summed E-state index contributed by atoms with van der Waals surface area (Å²) in [5.41, 5.74) is 1.62. The number of carbonyl (C=O) groups excluding carboxylic acids is 3. The minimum Gasteiger partial charge on any atom is -0.871 e. The Labute approximate surface area is 689 Å². The predicted octanol–water partition coefficient (Wildman–Crippen LogP) is 13.7. The predicted molar refractivity (Wildman–Crippen MR) is 415 cm³/mol. The molecule has 15 rings (SSSR count). The number of hydrogen-bond acceptors (Lipinski definition) is 15. The third-order valence-corrected chi connectivity index (χ3v) is 25.9. The van der Waals surface area contributed by atoms with Crippen LogP contribution in [0.5, 0.6) is 69.0 Å². The summed E-state index contributed by atoms with van der Waals surface area (Å²) in [5.74, 6) is 0.177. The van der Waals surface area contributed by atoms with Crippen LogP contribution in [0.2, 0.25) is 0 Å². The van der Waals surface area contributed by atoms with Crippen molar-refractivity contribution in [1.29, 1.82) is 0 Å². The summed E-state index contributed by atoms with van der Waals surface area (Å²) in [4.78, 5) is 38.6. The summed E-state index contributed by atoms with van der Waals surface area (Å²) < 4.78 is 42.1. The Morgan fingerprint density at radius 3 is 0.629 bits per heavy atom. The number of halogens is 12. The summed E-state index contributed by atoms with van der Waals surface area (Å²) >= 11 is 23.7. The van der Waals surface area contributed by atoms with Crippen LogP contribution in [-0.4, -0.2) is 52.6 Å². The molecule has 15 nitrogen and oxygen atoms in total. The summed E-state index contributed by atoms with van der Waals surface area (Å²) in [6.45, 7) is 0. The standard InChI is InChI=1S/3C20H8I4O5.2Al/c3*21-9-5-11-13(15(23)17(9)25)20(8-4-2-1-3-7(8)19(27)29-20)14-12(28-11)6-10(22)18(26)16(14)24;;/h3*1-6,25-26H;;/q;;;2*+3/p-6. The average molecular weight is 2560 g/mol. The van der Waals surface area contributed by atoms with Gasteiger partial charge in [0.25, 0.3) is 0 Å². The van der Waals surface area contributed by atoms with E-state index in [2.05, 4.69) is 0 Å². The van der Waals surface area contributed by atoms with Gasteiger partial charge in [-0.1, -0.05) is 89.1 Å². The molecule has 0 fully saturated rings. The van der Waals surface area contributed by atoms with E-state index in [4.69, 9.17) is 28.4 Å². The van der Waals surface area contributed by atoms with Gasteiger partial charge in [0.15, 0.2) is 16.8 Å². The molecule has 0 saturated carbocycles. The van der Waals surface area contributed by atoms with Crippen molar-refractivity contribution in [2.24, 2.45) is 0 Å². The zero-order valence-electron chi connectivity index (χ0n) is 43.2. The molecular formula is C60H18Al2I12O15. The maximum atomic E-state index is 12.9. The van der Waals surface area contributed by atoms with Crippen LogP contribution in [0.4, 0.5) is 0 Å². The minimum atomic E-state index is -1.41. The first-order valence-electron chi connectivity index (χ1n) is 24.5. The molecule has 0 N–H and O–H groups in total. The van der Waals surface area contributed by atoms with Gasteiger partial charge in [-0.2, -0.15) is 0 Å². The fourth-order valence-corrected chi connectivity index (χ4v) is 23.5. The zero-order valence-corrected chi connectivity index (χ0v) is 71.4. The van der Waals surface area contributed by atoms with Crippen molar-refractivity contribution in [1.82, 2.24) is 0 Å². The molecule has 29 heteroatoms. The molecule has 9 aromatic rings. The molecule has 6 aliphatic rings. The Morgan fingerprint density at radius 1 is 0.281 bits per heavy atom. The van der Waals surface area contributed by atoms with E-state index in [0.717, 1.165) is 0 Å². The second-order valence-corrected chi connectivity index (χ2v) is 32.8. The van der Waals surface area contributed by atoms with Crippen molar-refractivity contribution in [3.8, 4) is 69.0 Å². The monoisotopic (exact) mass is 2550 g/mol. The number of fused-ring (bicyclic) bond motifs is 18. The van der Waals surface area contributed by atoms with E-state index in [-0.39, 0.29) is 69.2 Å². The van der Waals surface area contributed by atoms with Gasteiger partial charge in [0, 0.05) is 59.5 Å². The van der Waals surface area contributed by atoms with Gasteiger partial charge in [0.2, 0.25) is 0 Å². The normalized spacial score (nSPS) is 15.0. The number of hydrogen-bond donors (Lipinski definition) is 0. The molecule has 0 radical (unpaired) electrons. The third-order valence-electron chi connectivity index (χ3n) is 14.9. The topological polar surface area (TPSA) is 245 Å². The molecule has 0 bridgehead atoms. The SMILES string of the molecule is O=C1OC2(c3ccccc31)c1c(cc(I)c([O-])c1I)Oc1cc(I)c([O-])c(I)c12.O=C1OC2(c3ccccc31)c1c(cc(I)c([O-])c1I)Oc1cc(I)c([O-])c(I)c12.O=C1OC2(c3ccccc31)c1c(cc(I)c([O-])c1I)Oc1cc(I)c([O-])c(I)c12.[Al+3].[Al+3]. The van der Waals surface area contributed by atoms with E-state index >= 15 is 0 Å². The van der Waals surface area contributed by atoms with Crippen LogP contribution in [0.15, 0.2) is 109 Å².